The van der Waals surface area contributed by atoms with E-state index in [1.165, 1.54) is 5.56 Å². The van der Waals surface area contributed by atoms with E-state index in [1.807, 2.05) is 30.3 Å². The summed E-state index contributed by atoms with van der Waals surface area (Å²) < 4.78 is 26.4. The van der Waals surface area contributed by atoms with Crippen LogP contribution >= 0.6 is 0 Å². The lowest BCUT2D eigenvalue weighted by Gasteiger charge is -2.25. The molecule has 0 spiro atoms. The Hall–Kier alpha value is -1.66. The van der Waals surface area contributed by atoms with Gasteiger partial charge in [-0.1, -0.05) is 30.3 Å². The average molecular weight is 305 g/mol. The van der Waals surface area contributed by atoms with Crippen molar-refractivity contribution in [3.05, 3.63) is 53.6 Å². The topological polar surface area (TPSA) is 66.1 Å². The van der Waals surface area contributed by atoms with Gasteiger partial charge >= 0.3 is 0 Å². The highest BCUT2D eigenvalue weighted by Gasteiger charge is 2.27. The number of hydrogen-bond donors (Lipinski definition) is 1. The third-order valence-corrected chi connectivity index (χ3v) is 5.75. The van der Waals surface area contributed by atoms with E-state index in [0.29, 0.717) is 25.9 Å². The lowest BCUT2D eigenvalue weighted by atomic mass is 10.1. The number of nitrogens with one attached hydrogen (secondary N) is 1. The predicted molar refractivity (Wildman–Crippen MR) is 81.3 cm³/mol. The number of benzene rings is 1. The van der Waals surface area contributed by atoms with Crippen molar-refractivity contribution in [2.24, 2.45) is 0 Å². The van der Waals surface area contributed by atoms with Crippen molar-refractivity contribution in [2.45, 2.75) is 25.8 Å². The number of aryl methyl sites for hydroxylation is 1. The Morgan fingerprint density at radius 1 is 1.24 bits per heavy atom. The Morgan fingerprint density at radius 2 is 2.05 bits per heavy atom. The van der Waals surface area contributed by atoms with E-state index in [4.69, 9.17) is 0 Å². The third-order valence-electron chi connectivity index (χ3n) is 3.84. The molecule has 6 heteroatoms. The van der Waals surface area contributed by atoms with Gasteiger partial charge in [0.15, 0.2) is 0 Å². The smallest absolute Gasteiger partial charge is 0.214 e. The minimum absolute atomic E-state index is 0.200. The van der Waals surface area contributed by atoms with Crippen molar-refractivity contribution < 1.29 is 8.42 Å². The Morgan fingerprint density at radius 3 is 2.86 bits per heavy atom. The number of sulfonamides is 1. The maximum Gasteiger partial charge on any atom is 0.214 e. The molecule has 21 heavy (non-hydrogen) atoms. The molecule has 5 nitrogen and oxygen atoms in total. The number of nitrogens with zero attached hydrogens (tertiary/aromatic N) is 2. The first-order chi connectivity index (χ1) is 10.1. The SMILES string of the molecule is O=S(=O)(CCCc1ccccc1)N1CCc2nc[nH]c2C1. The van der Waals surface area contributed by atoms with Crippen LogP contribution in [0.1, 0.15) is 23.4 Å². The second-order valence-corrected chi connectivity index (χ2v) is 7.40. The van der Waals surface area contributed by atoms with E-state index in [-0.39, 0.29) is 5.75 Å². The first kappa shape index (κ1) is 14.3. The summed E-state index contributed by atoms with van der Waals surface area (Å²) in [6.45, 7) is 0.953. The summed E-state index contributed by atoms with van der Waals surface area (Å²) in [5.74, 6) is 0.200. The third kappa shape index (κ3) is 3.33. The van der Waals surface area contributed by atoms with E-state index in [9.17, 15) is 8.42 Å². The van der Waals surface area contributed by atoms with Crippen LogP contribution in [0.4, 0.5) is 0 Å². The molecule has 0 bridgehead atoms. The Kier molecular flexibility index (Phi) is 4.07. The van der Waals surface area contributed by atoms with Crippen LogP contribution in [-0.4, -0.2) is 35.0 Å². The zero-order valence-electron chi connectivity index (χ0n) is 11.8. The summed E-state index contributed by atoms with van der Waals surface area (Å²) >= 11 is 0. The average Bonchev–Trinajstić information content (AvgIpc) is 2.95. The molecule has 0 saturated heterocycles. The highest BCUT2D eigenvalue weighted by atomic mass is 32.2. The quantitative estimate of drug-likeness (QED) is 0.915. The Balaban J connectivity index is 1.58. The standard InChI is InChI=1S/C15H19N3O2S/c19-21(20,10-4-7-13-5-2-1-3-6-13)18-9-8-14-15(11-18)17-12-16-14/h1-3,5-6,12H,4,7-11H2,(H,16,17). The fraction of sp³-hybridized carbons (Fsp3) is 0.400. The normalized spacial score (nSPS) is 15.8. The molecule has 0 saturated carbocycles. The molecule has 1 N–H and O–H groups in total. The fourth-order valence-electron chi connectivity index (χ4n) is 2.66. The van der Waals surface area contributed by atoms with Crippen LogP contribution in [-0.2, 0) is 29.4 Å². The Bertz CT molecular complexity index is 695. The highest BCUT2D eigenvalue weighted by Crippen LogP contribution is 2.18. The second-order valence-electron chi connectivity index (χ2n) is 5.32. The molecule has 0 aliphatic carbocycles. The zero-order valence-corrected chi connectivity index (χ0v) is 12.6. The maximum atomic E-state index is 12.4. The van der Waals surface area contributed by atoms with Crippen LogP contribution in [0.2, 0.25) is 0 Å². The van der Waals surface area contributed by atoms with Crippen LogP contribution in [0.3, 0.4) is 0 Å². The van der Waals surface area contributed by atoms with Crippen LogP contribution in [0.25, 0.3) is 0 Å². The molecular formula is C15H19N3O2S. The van der Waals surface area contributed by atoms with Crippen LogP contribution < -0.4 is 0 Å². The fourth-order valence-corrected chi connectivity index (χ4v) is 4.12. The minimum atomic E-state index is -3.19. The summed E-state index contributed by atoms with van der Waals surface area (Å²) in [5.41, 5.74) is 3.10. The van der Waals surface area contributed by atoms with Crippen molar-refractivity contribution in [3.8, 4) is 0 Å². The molecule has 3 rings (SSSR count). The van der Waals surface area contributed by atoms with Gasteiger partial charge in [0.05, 0.1) is 30.0 Å². The lowest BCUT2D eigenvalue weighted by molar-refractivity contribution is 0.385. The minimum Gasteiger partial charge on any atom is -0.347 e. The van der Waals surface area contributed by atoms with Crippen LogP contribution in [0, 0.1) is 0 Å². The number of fused-ring (bicyclic) bond motifs is 1. The van der Waals surface area contributed by atoms with Crippen molar-refractivity contribution in [1.82, 2.24) is 14.3 Å². The summed E-state index contributed by atoms with van der Waals surface area (Å²) in [6.07, 6.45) is 3.77. The molecule has 112 valence electrons. The van der Waals surface area contributed by atoms with E-state index >= 15 is 0 Å². The van der Waals surface area contributed by atoms with Crippen LogP contribution in [0.5, 0.6) is 0 Å². The van der Waals surface area contributed by atoms with E-state index < -0.39 is 10.0 Å². The van der Waals surface area contributed by atoms with Gasteiger partial charge in [-0.05, 0) is 18.4 Å². The second kappa shape index (κ2) is 5.99. The molecule has 1 aromatic heterocycles. The molecule has 0 atom stereocenters. The largest absolute Gasteiger partial charge is 0.347 e. The van der Waals surface area contributed by atoms with Gasteiger partial charge in [0.25, 0.3) is 0 Å². The number of aromatic nitrogens is 2. The number of H-pyrrole nitrogens is 1. The number of imidazole rings is 1. The first-order valence-corrected chi connectivity index (χ1v) is 8.79. The Labute approximate surface area is 125 Å². The molecule has 2 aromatic rings. The molecule has 1 aromatic carbocycles. The van der Waals surface area contributed by atoms with Crippen molar-refractivity contribution in [3.63, 3.8) is 0 Å². The predicted octanol–water partition coefficient (Wildman–Crippen LogP) is 1.73. The van der Waals surface area contributed by atoms with Crippen molar-refractivity contribution in [1.29, 1.82) is 0 Å². The molecule has 1 aliphatic rings. The molecular weight excluding hydrogens is 286 g/mol. The molecule has 0 fully saturated rings. The summed E-state index contributed by atoms with van der Waals surface area (Å²) in [6, 6.07) is 9.99. The van der Waals surface area contributed by atoms with E-state index in [1.54, 1.807) is 10.6 Å². The number of aromatic amines is 1. The monoisotopic (exact) mass is 305 g/mol. The van der Waals surface area contributed by atoms with Gasteiger partial charge in [-0.15, -0.1) is 0 Å². The van der Waals surface area contributed by atoms with Gasteiger partial charge in [-0.2, -0.15) is 4.31 Å². The first-order valence-electron chi connectivity index (χ1n) is 7.18. The summed E-state index contributed by atoms with van der Waals surface area (Å²) in [4.78, 5) is 7.22. The van der Waals surface area contributed by atoms with Gasteiger partial charge in [0.1, 0.15) is 0 Å². The highest BCUT2D eigenvalue weighted by molar-refractivity contribution is 7.89. The molecule has 0 unspecified atom stereocenters. The zero-order chi connectivity index (χ0) is 14.7. The molecule has 2 heterocycles. The van der Waals surface area contributed by atoms with E-state index in [2.05, 4.69) is 9.97 Å². The molecule has 1 aliphatic heterocycles. The lowest BCUT2D eigenvalue weighted by Crippen LogP contribution is -2.37. The van der Waals surface area contributed by atoms with Crippen molar-refractivity contribution in [2.75, 3.05) is 12.3 Å². The maximum absolute atomic E-state index is 12.4. The van der Waals surface area contributed by atoms with E-state index in [0.717, 1.165) is 17.8 Å². The number of rotatable bonds is 5. The van der Waals surface area contributed by atoms with Gasteiger partial charge < -0.3 is 4.98 Å². The molecule has 0 amide bonds. The van der Waals surface area contributed by atoms with Gasteiger partial charge in [0.2, 0.25) is 10.0 Å². The van der Waals surface area contributed by atoms with Crippen LogP contribution in [0.15, 0.2) is 36.7 Å². The summed E-state index contributed by atoms with van der Waals surface area (Å²) in [7, 11) is -3.19. The molecule has 0 radical (unpaired) electrons. The van der Waals surface area contributed by atoms with Crippen molar-refractivity contribution >= 4 is 10.0 Å². The van der Waals surface area contributed by atoms with Gasteiger partial charge in [-0.3, -0.25) is 0 Å². The number of hydrogen-bond acceptors (Lipinski definition) is 3. The van der Waals surface area contributed by atoms with Gasteiger partial charge in [0, 0.05) is 13.0 Å². The summed E-state index contributed by atoms with van der Waals surface area (Å²) in [5, 5.41) is 0. The van der Waals surface area contributed by atoms with Gasteiger partial charge in [-0.25, -0.2) is 13.4 Å².